The van der Waals surface area contributed by atoms with Crippen LogP contribution in [0.2, 0.25) is 5.02 Å². The Balaban J connectivity index is 1.40. The van der Waals surface area contributed by atoms with Crippen LogP contribution < -0.4 is 23.8 Å². The average Bonchev–Trinajstić information content (AvgIpc) is 3.42. The first-order valence-electron chi connectivity index (χ1n) is 15.8. The molecule has 0 aromatic heterocycles. The number of allylic oxidation sites excluding steroid dienone is 1. The van der Waals surface area contributed by atoms with Gasteiger partial charge in [-0.25, -0.2) is 0 Å². The molecule has 0 saturated carbocycles. The highest BCUT2D eigenvalue weighted by Crippen LogP contribution is 2.56. The normalized spacial score (nSPS) is 21.0. The predicted molar refractivity (Wildman–Crippen MR) is 180 cm³/mol. The van der Waals surface area contributed by atoms with E-state index in [4.69, 9.17) is 30.5 Å². The van der Waals surface area contributed by atoms with Crippen molar-refractivity contribution in [2.75, 3.05) is 52.4 Å². The minimum Gasteiger partial charge on any atom is -0.507 e. The topological polar surface area (TPSA) is 155 Å². The summed E-state index contributed by atoms with van der Waals surface area (Å²) in [4.78, 5) is 46.0. The minimum atomic E-state index is -2.04. The van der Waals surface area contributed by atoms with Gasteiger partial charge in [-0.1, -0.05) is 36.7 Å². The molecule has 258 valence electrons. The molecule has 1 fully saturated rings. The summed E-state index contributed by atoms with van der Waals surface area (Å²) < 4.78 is 22.5. The zero-order valence-electron chi connectivity index (χ0n) is 27.5. The summed E-state index contributed by atoms with van der Waals surface area (Å²) in [7, 11) is 4.14. The van der Waals surface area contributed by atoms with E-state index in [-0.39, 0.29) is 69.4 Å². The number of carbonyl (C=O) groups excluding carboxylic acids is 3. The number of aliphatic hydroxyl groups excluding tert-OH is 1. The van der Waals surface area contributed by atoms with Crippen molar-refractivity contribution in [3.05, 3.63) is 76.0 Å². The molecule has 3 aromatic rings. The van der Waals surface area contributed by atoms with Gasteiger partial charge in [-0.15, -0.1) is 0 Å². The number of anilines is 1. The number of aromatic hydroxyl groups is 2. The van der Waals surface area contributed by atoms with E-state index in [2.05, 4.69) is 0 Å². The van der Waals surface area contributed by atoms with Crippen LogP contribution in [0.3, 0.4) is 0 Å². The number of amides is 1. The zero-order valence-corrected chi connectivity index (χ0v) is 28.2. The van der Waals surface area contributed by atoms with Crippen molar-refractivity contribution >= 4 is 34.8 Å². The quantitative estimate of drug-likeness (QED) is 0.291. The van der Waals surface area contributed by atoms with Crippen LogP contribution in [0.4, 0.5) is 5.69 Å². The zero-order chi connectivity index (χ0) is 35.2. The van der Waals surface area contributed by atoms with Gasteiger partial charge in [0.25, 0.3) is 0 Å². The molecule has 12 nitrogen and oxygen atoms in total. The van der Waals surface area contributed by atoms with Crippen LogP contribution in [0.5, 0.6) is 34.5 Å². The van der Waals surface area contributed by atoms with Crippen LogP contribution >= 0.6 is 11.6 Å². The van der Waals surface area contributed by atoms with Crippen molar-refractivity contribution in [3.63, 3.8) is 0 Å². The molecule has 0 bridgehead atoms. The number of rotatable bonds is 8. The van der Waals surface area contributed by atoms with Crippen LogP contribution in [-0.4, -0.2) is 90.8 Å². The fourth-order valence-corrected chi connectivity index (χ4v) is 7.33. The Morgan fingerprint density at radius 2 is 1.61 bits per heavy atom. The molecule has 49 heavy (non-hydrogen) atoms. The fraction of sp³-hybridized carbons (Fsp3) is 0.361. The van der Waals surface area contributed by atoms with Gasteiger partial charge in [-0.3, -0.25) is 14.4 Å². The van der Waals surface area contributed by atoms with Crippen molar-refractivity contribution in [3.8, 4) is 34.5 Å². The van der Waals surface area contributed by atoms with E-state index in [1.54, 1.807) is 30.0 Å². The Bertz CT molecular complexity index is 1870. The second kappa shape index (κ2) is 13.1. The van der Waals surface area contributed by atoms with Crippen molar-refractivity contribution in [1.29, 1.82) is 0 Å². The number of piperazine rings is 1. The monoisotopic (exact) mass is 692 g/mol. The number of phenols is 2. The van der Waals surface area contributed by atoms with E-state index < -0.39 is 34.8 Å². The average molecular weight is 693 g/mol. The number of nitrogens with zero attached hydrogens (tertiary/aromatic N) is 2. The largest absolute Gasteiger partial charge is 0.507 e. The molecule has 2 heterocycles. The van der Waals surface area contributed by atoms with E-state index >= 15 is 0 Å². The lowest BCUT2D eigenvalue weighted by Crippen LogP contribution is -2.53. The number of carbonyl (C=O) groups is 3. The molecule has 13 heteroatoms. The van der Waals surface area contributed by atoms with Gasteiger partial charge in [0.15, 0.2) is 28.8 Å². The number of hydrogen-bond donors (Lipinski definition) is 3. The maximum atomic E-state index is 14.4. The number of phenolic OH excluding ortho intramolecular Hbond substituents is 2. The standard InChI is InChI=1S/C36H37ClN2O10/c1-19-15-25(42)30(34(44)36(19)35(45)31-27(47-3)18-28(48-4)32(37)33(31)49-36)21(20-9-10-24(41)26(16-20)46-2)17-29(43)39-13-11-38(12-14-39)22-7-5-6-8-23(22)40/h5-10,16,18-19,21,40-41,44H,11-15,17H2,1-4H3. The van der Waals surface area contributed by atoms with Gasteiger partial charge < -0.3 is 44.1 Å². The molecule has 1 amide bonds. The highest BCUT2D eigenvalue weighted by Gasteiger charge is 2.61. The number of Topliss-reactive ketones (excluding diaryl/α,β-unsaturated/α-hetero) is 2. The van der Waals surface area contributed by atoms with E-state index in [0.29, 0.717) is 37.4 Å². The highest BCUT2D eigenvalue weighted by molar-refractivity contribution is 6.35. The lowest BCUT2D eigenvalue weighted by molar-refractivity contribution is -0.131. The van der Waals surface area contributed by atoms with E-state index in [9.17, 15) is 29.7 Å². The van der Waals surface area contributed by atoms with Gasteiger partial charge in [-0.05, 0) is 29.8 Å². The van der Waals surface area contributed by atoms with E-state index in [1.807, 2.05) is 17.0 Å². The summed E-state index contributed by atoms with van der Waals surface area (Å²) >= 11 is 6.60. The van der Waals surface area contributed by atoms with Gasteiger partial charge in [0, 0.05) is 62.5 Å². The number of ether oxygens (including phenoxy) is 4. The maximum Gasteiger partial charge on any atom is 0.231 e. The highest BCUT2D eigenvalue weighted by atomic mass is 35.5. The Morgan fingerprint density at radius 1 is 0.939 bits per heavy atom. The summed E-state index contributed by atoms with van der Waals surface area (Å²) in [6.07, 6.45) is -0.436. The molecule has 3 N–H and O–H groups in total. The number of fused-ring (bicyclic) bond motifs is 1. The molecule has 3 aromatic carbocycles. The van der Waals surface area contributed by atoms with Gasteiger partial charge in [0.1, 0.15) is 27.8 Å². The molecule has 1 aliphatic carbocycles. The third kappa shape index (κ3) is 5.53. The van der Waals surface area contributed by atoms with Crippen molar-refractivity contribution < 1.29 is 48.7 Å². The molecule has 2 aliphatic heterocycles. The Hall–Kier alpha value is -5.10. The van der Waals surface area contributed by atoms with Crippen LogP contribution in [0.15, 0.2) is 59.9 Å². The third-order valence-corrected chi connectivity index (χ3v) is 10.1. The number of hydrogen-bond acceptors (Lipinski definition) is 11. The first kappa shape index (κ1) is 33.8. The number of aliphatic hydroxyl groups is 1. The van der Waals surface area contributed by atoms with Gasteiger partial charge in [0.2, 0.25) is 17.3 Å². The Kier molecular flexibility index (Phi) is 9.02. The molecular weight excluding hydrogens is 656 g/mol. The summed E-state index contributed by atoms with van der Waals surface area (Å²) in [6, 6.07) is 12.9. The van der Waals surface area contributed by atoms with E-state index in [1.165, 1.54) is 39.5 Å². The van der Waals surface area contributed by atoms with Gasteiger partial charge in [0.05, 0.1) is 27.0 Å². The van der Waals surface area contributed by atoms with Crippen LogP contribution in [0.25, 0.3) is 0 Å². The number of methoxy groups -OCH3 is 3. The number of benzene rings is 3. The molecule has 3 aliphatic rings. The molecule has 3 unspecified atom stereocenters. The lowest BCUT2D eigenvalue weighted by Gasteiger charge is -2.39. The predicted octanol–water partition coefficient (Wildman–Crippen LogP) is 5.03. The Labute approximate surface area is 288 Å². The van der Waals surface area contributed by atoms with E-state index in [0.717, 1.165) is 0 Å². The van der Waals surface area contributed by atoms with Crippen LogP contribution in [0, 0.1) is 5.92 Å². The van der Waals surface area contributed by atoms with Crippen molar-refractivity contribution in [2.45, 2.75) is 31.3 Å². The van der Waals surface area contributed by atoms with Crippen LogP contribution in [0.1, 0.15) is 41.6 Å². The molecule has 3 atom stereocenters. The molecule has 0 radical (unpaired) electrons. The summed E-state index contributed by atoms with van der Waals surface area (Å²) in [5, 5.41) is 32.9. The second-order valence-corrected chi connectivity index (χ2v) is 12.7. The summed E-state index contributed by atoms with van der Waals surface area (Å²) in [6.45, 7) is 3.23. The molecule has 1 saturated heterocycles. The summed E-state index contributed by atoms with van der Waals surface area (Å²) in [5.74, 6) is -3.57. The van der Waals surface area contributed by atoms with Crippen LogP contribution in [-0.2, 0) is 9.59 Å². The maximum absolute atomic E-state index is 14.4. The Morgan fingerprint density at radius 3 is 2.27 bits per heavy atom. The third-order valence-electron chi connectivity index (χ3n) is 9.70. The fourth-order valence-electron chi connectivity index (χ4n) is 7.07. The number of para-hydroxylation sites is 2. The minimum absolute atomic E-state index is 0.0000579. The lowest BCUT2D eigenvalue weighted by atomic mass is 9.69. The molecular formula is C36H37ClN2O10. The number of halogens is 1. The SMILES string of the molecule is COc1cc(C(CC(=O)N2CCN(c3ccccc3O)CC2)C2=C(O)C3(Oc4c(Cl)c(OC)cc(OC)c4C3=O)C(C)CC2=O)ccc1O. The summed E-state index contributed by atoms with van der Waals surface area (Å²) in [5.41, 5.74) is -1.13. The second-order valence-electron chi connectivity index (χ2n) is 12.3. The molecule has 1 spiro atoms. The first-order valence-corrected chi connectivity index (χ1v) is 16.2. The van der Waals surface area contributed by atoms with Crippen molar-refractivity contribution in [1.82, 2.24) is 4.90 Å². The number of ketones is 2. The first-order chi connectivity index (χ1) is 23.5. The smallest absolute Gasteiger partial charge is 0.231 e. The van der Waals surface area contributed by atoms with Crippen molar-refractivity contribution in [2.24, 2.45) is 5.92 Å². The molecule has 6 rings (SSSR count). The van der Waals surface area contributed by atoms with Gasteiger partial charge in [-0.2, -0.15) is 0 Å². The van der Waals surface area contributed by atoms with Gasteiger partial charge >= 0.3 is 0 Å².